The van der Waals surface area contributed by atoms with Gasteiger partial charge in [-0.3, -0.25) is 0 Å². The van der Waals surface area contributed by atoms with Crippen LogP contribution in [0.2, 0.25) is 5.21 Å². The minimum atomic E-state index is -2.47. The molecule has 0 radical (unpaired) electrons. The third-order valence-electron chi connectivity index (χ3n) is 4.28. The second kappa shape index (κ2) is 7.63. The first-order valence-electron chi connectivity index (χ1n) is 7.98. The predicted octanol–water partition coefficient (Wildman–Crippen LogP) is 3.02. The summed E-state index contributed by atoms with van der Waals surface area (Å²) in [5.41, 5.74) is 1.36. The molecule has 0 bridgehead atoms. The summed E-state index contributed by atoms with van der Waals surface area (Å²) in [7, 11) is 0. The molecule has 23 heavy (non-hydrogen) atoms. The molecule has 0 atom stereocenters. The molecule has 116 valence electrons. The van der Waals surface area contributed by atoms with Crippen molar-refractivity contribution in [1.29, 1.82) is 0 Å². The van der Waals surface area contributed by atoms with Gasteiger partial charge in [-0.25, -0.2) is 0 Å². The summed E-state index contributed by atoms with van der Waals surface area (Å²) in [4.78, 5) is 0. The van der Waals surface area contributed by atoms with Gasteiger partial charge in [0, 0.05) is 0 Å². The first-order chi connectivity index (χ1) is 11.3. The molecule has 0 saturated carbocycles. The number of benzene rings is 3. The van der Waals surface area contributed by atoms with Gasteiger partial charge in [0.2, 0.25) is 0 Å². The van der Waals surface area contributed by atoms with E-state index in [1.807, 2.05) is 0 Å². The maximum atomic E-state index is 9.85. The van der Waals surface area contributed by atoms with E-state index >= 15 is 0 Å². The molecule has 1 N–H and O–H groups in total. The fourth-order valence-electron chi connectivity index (χ4n) is 3.16. The molecular weight excluding hydrogens is 343 g/mol. The van der Waals surface area contributed by atoms with Crippen molar-refractivity contribution in [2.45, 2.75) is 10.4 Å². The molecule has 0 aliphatic rings. The van der Waals surface area contributed by atoms with Crippen molar-refractivity contribution >= 4 is 22.3 Å². The van der Waals surface area contributed by atoms with E-state index in [0.29, 0.717) is 0 Å². The van der Waals surface area contributed by atoms with Crippen LogP contribution in [0.5, 0.6) is 0 Å². The maximum absolute atomic E-state index is 9.85. The Hall–Kier alpha value is -1.82. The molecule has 0 aromatic heterocycles. The number of rotatable bonds is 6. The Morgan fingerprint density at radius 3 is 1.48 bits per heavy atom. The van der Waals surface area contributed by atoms with Gasteiger partial charge in [0.15, 0.2) is 0 Å². The van der Waals surface area contributed by atoms with Gasteiger partial charge in [-0.15, -0.1) is 0 Å². The predicted molar refractivity (Wildman–Crippen MR) is 99.9 cm³/mol. The normalized spacial score (nSPS) is 11.3. The molecule has 3 aromatic carbocycles. The summed E-state index contributed by atoms with van der Waals surface area (Å²) < 4.78 is 2.85. The van der Waals surface area contributed by atoms with Crippen LogP contribution in [0.1, 0.15) is 5.56 Å². The second-order valence-electron chi connectivity index (χ2n) is 5.73. The molecular formula is C21H22AsO+. The van der Waals surface area contributed by atoms with Crippen LogP contribution in [-0.4, -0.2) is 25.3 Å². The molecule has 0 heterocycles. The fraction of sp³-hybridized carbons (Fsp3) is 0.143. The van der Waals surface area contributed by atoms with E-state index in [2.05, 4.69) is 91.0 Å². The molecule has 1 nitrogen and oxygen atoms in total. The molecule has 0 amide bonds. The molecule has 0 aliphatic carbocycles. The third-order valence-corrected chi connectivity index (χ3v) is 13.6. The monoisotopic (exact) mass is 365 g/mol. The topological polar surface area (TPSA) is 20.2 Å². The number of aliphatic hydroxyl groups excluding tert-OH is 1. The second-order valence-corrected chi connectivity index (χ2v) is 13.6. The Labute approximate surface area is 141 Å². The molecule has 3 aromatic rings. The first kappa shape index (κ1) is 16.1. The first-order valence-corrected chi connectivity index (χ1v) is 12.5. The van der Waals surface area contributed by atoms with E-state index < -0.39 is 13.6 Å². The Kier molecular flexibility index (Phi) is 5.33. The van der Waals surface area contributed by atoms with Crippen molar-refractivity contribution < 1.29 is 5.11 Å². The summed E-state index contributed by atoms with van der Waals surface area (Å²) in [6.45, 7) is 0.240. The van der Waals surface area contributed by atoms with Gasteiger partial charge in [-0.05, 0) is 0 Å². The zero-order valence-electron chi connectivity index (χ0n) is 13.2. The summed E-state index contributed by atoms with van der Waals surface area (Å²) in [6, 6.07) is 32.3. The molecule has 0 saturated heterocycles. The number of hydrogen-bond donors (Lipinski definition) is 1. The third kappa shape index (κ3) is 3.58. The van der Waals surface area contributed by atoms with Crippen molar-refractivity contribution in [3.05, 3.63) is 96.6 Å². The summed E-state index contributed by atoms with van der Waals surface area (Å²) in [5.74, 6) is 0. The van der Waals surface area contributed by atoms with Gasteiger partial charge in [0.05, 0.1) is 0 Å². The average molecular weight is 365 g/mol. The van der Waals surface area contributed by atoms with Gasteiger partial charge in [0.25, 0.3) is 0 Å². The average Bonchev–Trinajstić information content (AvgIpc) is 2.64. The van der Waals surface area contributed by atoms with Crippen LogP contribution in [0.3, 0.4) is 0 Å². The van der Waals surface area contributed by atoms with Gasteiger partial charge in [0.1, 0.15) is 0 Å². The van der Waals surface area contributed by atoms with E-state index in [4.69, 9.17) is 0 Å². The van der Waals surface area contributed by atoms with E-state index in [0.717, 1.165) is 10.4 Å². The molecule has 0 aliphatic heterocycles. The van der Waals surface area contributed by atoms with Crippen molar-refractivity contribution in [2.24, 2.45) is 0 Å². The zero-order valence-corrected chi connectivity index (χ0v) is 15.1. The van der Waals surface area contributed by atoms with Crippen molar-refractivity contribution in [3.63, 3.8) is 0 Å². The van der Waals surface area contributed by atoms with Crippen LogP contribution in [0, 0.1) is 0 Å². The summed E-state index contributed by atoms with van der Waals surface area (Å²) >= 11 is -2.47. The Morgan fingerprint density at radius 2 is 1.04 bits per heavy atom. The Balaban J connectivity index is 2.14. The van der Waals surface area contributed by atoms with Crippen LogP contribution in [0.4, 0.5) is 0 Å². The molecule has 3 rings (SSSR count). The van der Waals surface area contributed by atoms with E-state index in [9.17, 15) is 5.11 Å². The number of hydrogen-bond acceptors (Lipinski definition) is 1. The molecule has 0 spiro atoms. The van der Waals surface area contributed by atoms with E-state index in [1.54, 1.807) is 0 Å². The van der Waals surface area contributed by atoms with E-state index in [-0.39, 0.29) is 6.61 Å². The van der Waals surface area contributed by atoms with Gasteiger partial charge >= 0.3 is 141 Å². The van der Waals surface area contributed by atoms with Gasteiger partial charge in [-0.2, -0.15) is 0 Å². The van der Waals surface area contributed by atoms with Crippen molar-refractivity contribution in [3.8, 4) is 0 Å². The van der Waals surface area contributed by atoms with Crippen LogP contribution >= 0.6 is 0 Å². The fourth-order valence-corrected chi connectivity index (χ4v) is 11.6. The standard InChI is InChI=1S/C21H22AsO/c23-17-16-22(20-12-6-2-7-13-20,21-14-8-3-9-15-21)18-19-10-4-1-5-11-19/h1-15,23H,16-18H2/q+1. The zero-order chi connectivity index (χ0) is 16.0. The minimum absolute atomic E-state index is 0.240. The van der Waals surface area contributed by atoms with Gasteiger partial charge in [-0.1, -0.05) is 0 Å². The molecule has 2 heteroatoms. The quantitative estimate of drug-likeness (QED) is 0.666. The molecule has 0 unspecified atom stereocenters. The van der Waals surface area contributed by atoms with Crippen LogP contribution < -0.4 is 8.70 Å². The Bertz CT molecular complexity index is 671. The number of aliphatic hydroxyl groups is 1. The summed E-state index contributed by atoms with van der Waals surface area (Å²) in [5, 5.41) is 11.8. The van der Waals surface area contributed by atoms with Gasteiger partial charge < -0.3 is 0 Å². The van der Waals surface area contributed by atoms with Crippen molar-refractivity contribution in [2.75, 3.05) is 6.61 Å². The van der Waals surface area contributed by atoms with Crippen LogP contribution in [-0.2, 0) is 5.21 Å². The van der Waals surface area contributed by atoms with E-state index in [1.165, 1.54) is 14.3 Å². The summed E-state index contributed by atoms with van der Waals surface area (Å²) in [6.07, 6.45) is 0. The molecule has 0 fully saturated rings. The van der Waals surface area contributed by atoms with Crippen LogP contribution in [0.15, 0.2) is 91.0 Å². The SMILES string of the molecule is OCC[As+](Cc1ccccc1)(c1ccccc1)c1ccccc1. The van der Waals surface area contributed by atoms with Crippen molar-refractivity contribution in [1.82, 2.24) is 0 Å². The Morgan fingerprint density at radius 1 is 0.609 bits per heavy atom. The van der Waals surface area contributed by atoms with Crippen LogP contribution in [0.25, 0.3) is 0 Å².